The number of carbonyl (C=O) groups is 1. The van der Waals surface area contributed by atoms with Crippen LogP contribution in [0.2, 0.25) is 4.34 Å². The minimum Gasteiger partial charge on any atom is -0.481 e. The molecule has 1 N–H and O–H groups in total. The molecule has 24 heavy (non-hydrogen) atoms. The number of hydrogen-bond acceptors (Lipinski definition) is 6. The fraction of sp³-hybridized carbons (Fsp3) is 0.188. The van der Waals surface area contributed by atoms with E-state index in [1.54, 1.807) is 17.9 Å². The summed E-state index contributed by atoms with van der Waals surface area (Å²) in [4.78, 5) is 23.8. The van der Waals surface area contributed by atoms with Gasteiger partial charge in [0, 0.05) is 41.8 Å². The number of halogens is 1. The molecule has 0 spiro atoms. The Hall–Kier alpha value is -1.96. The quantitative estimate of drug-likeness (QED) is 0.719. The summed E-state index contributed by atoms with van der Waals surface area (Å²) in [6, 6.07) is 5.61. The Morgan fingerprint density at radius 3 is 2.67 bits per heavy atom. The van der Waals surface area contributed by atoms with Crippen molar-refractivity contribution in [2.45, 2.75) is 5.92 Å². The van der Waals surface area contributed by atoms with Crippen LogP contribution >= 0.6 is 34.3 Å². The fourth-order valence-electron chi connectivity index (χ4n) is 2.38. The minimum absolute atomic E-state index is 0.635. The maximum Gasteiger partial charge on any atom is 0.316 e. The van der Waals surface area contributed by atoms with Gasteiger partial charge in [-0.2, -0.15) is 0 Å². The molecule has 3 heterocycles. The van der Waals surface area contributed by atoms with Crippen molar-refractivity contribution in [1.82, 2.24) is 9.97 Å². The standard InChI is InChI=1S/C16H14ClN3O2S2/c1-20(2)14-5-9(11-3-4-13(17)24-11)10(6-19-14)15(16(21)22)12-7-18-8-23-12/h3-8,15H,1-2H3,(H,21,22). The second-order valence-corrected chi connectivity index (χ2v) is 7.94. The Labute approximate surface area is 152 Å². The Morgan fingerprint density at radius 1 is 1.33 bits per heavy atom. The van der Waals surface area contributed by atoms with Crippen molar-refractivity contribution in [1.29, 1.82) is 0 Å². The zero-order chi connectivity index (χ0) is 17.3. The molecule has 5 nitrogen and oxygen atoms in total. The lowest BCUT2D eigenvalue weighted by Crippen LogP contribution is -2.15. The van der Waals surface area contributed by atoms with Gasteiger partial charge in [-0.25, -0.2) is 4.98 Å². The normalized spacial score (nSPS) is 12.1. The molecule has 0 saturated heterocycles. The van der Waals surface area contributed by atoms with E-state index in [0.717, 1.165) is 16.3 Å². The molecule has 0 aliphatic carbocycles. The predicted octanol–water partition coefficient (Wildman–Crippen LogP) is 4.20. The van der Waals surface area contributed by atoms with Crippen LogP contribution in [0.25, 0.3) is 10.4 Å². The summed E-state index contributed by atoms with van der Waals surface area (Å²) >= 11 is 8.81. The number of thiazole rings is 1. The molecule has 8 heteroatoms. The number of nitrogens with zero attached hydrogens (tertiary/aromatic N) is 3. The Morgan fingerprint density at radius 2 is 2.12 bits per heavy atom. The summed E-state index contributed by atoms with van der Waals surface area (Å²) in [6.45, 7) is 0. The van der Waals surface area contributed by atoms with Crippen LogP contribution in [0.4, 0.5) is 5.82 Å². The third-order valence-electron chi connectivity index (χ3n) is 3.51. The molecule has 0 amide bonds. The van der Waals surface area contributed by atoms with E-state index in [1.165, 1.54) is 22.7 Å². The molecule has 0 bridgehead atoms. The highest BCUT2D eigenvalue weighted by Gasteiger charge is 2.28. The number of aliphatic carboxylic acids is 1. The molecular weight excluding hydrogens is 366 g/mol. The highest BCUT2D eigenvalue weighted by Crippen LogP contribution is 2.39. The first-order chi connectivity index (χ1) is 11.5. The van der Waals surface area contributed by atoms with Crippen molar-refractivity contribution in [2.75, 3.05) is 19.0 Å². The van der Waals surface area contributed by atoms with Gasteiger partial charge in [-0.3, -0.25) is 9.78 Å². The van der Waals surface area contributed by atoms with Gasteiger partial charge in [-0.05, 0) is 23.8 Å². The molecule has 124 valence electrons. The van der Waals surface area contributed by atoms with Crippen LogP contribution in [-0.4, -0.2) is 35.1 Å². The molecule has 1 atom stereocenters. The molecular formula is C16H14ClN3O2S2. The third kappa shape index (κ3) is 3.28. The third-order valence-corrected chi connectivity index (χ3v) is 5.62. The average molecular weight is 380 g/mol. The zero-order valence-corrected chi connectivity index (χ0v) is 15.3. The van der Waals surface area contributed by atoms with E-state index >= 15 is 0 Å². The first-order valence-corrected chi connectivity index (χ1v) is 9.09. The van der Waals surface area contributed by atoms with E-state index in [0.29, 0.717) is 14.8 Å². The van der Waals surface area contributed by atoms with E-state index in [1.807, 2.05) is 37.2 Å². The molecule has 3 aromatic heterocycles. The van der Waals surface area contributed by atoms with Gasteiger partial charge in [-0.1, -0.05) is 11.6 Å². The largest absolute Gasteiger partial charge is 0.481 e. The molecule has 0 saturated carbocycles. The van der Waals surface area contributed by atoms with Gasteiger partial charge in [-0.15, -0.1) is 22.7 Å². The van der Waals surface area contributed by atoms with Gasteiger partial charge in [0.2, 0.25) is 0 Å². The molecule has 0 fully saturated rings. The molecule has 3 aromatic rings. The minimum atomic E-state index is -0.928. The molecule has 0 aliphatic heterocycles. The fourth-order valence-corrected chi connectivity index (χ4v) is 4.19. The summed E-state index contributed by atoms with van der Waals surface area (Å²) in [7, 11) is 3.79. The van der Waals surface area contributed by atoms with Crippen molar-refractivity contribution < 1.29 is 9.90 Å². The Balaban J connectivity index is 2.21. The maximum absolute atomic E-state index is 11.9. The summed E-state index contributed by atoms with van der Waals surface area (Å²) in [5, 5.41) is 9.77. The van der Waals surface area contributed by atoms with E-state index in [-0.39, 0.29) is 0 Å². The monoisotopic (exact) mass is 379 g/mol. The van der Waals surface area contributed by atoms with Crippen LogP contribution in [0.5, 0.6) is 0 Å². The molecule has 0 radical (unpaired) electrons. The van der Waals surface area contributed by atoms with Crippen LogP contribution in [0.1, 0.15) is 16.4 Å². The maximum atomic E-state index is 11.9. The summed E-state index contributed by atoms with van der Waals surface area (Å²) in [6.07, 6.45) is 3.23. The molecule has 3 rings (SSSR count). The van der Waals surface area contributed by atoms with Gasteiger partial charge in [0.25, 0.3) is 0 Å². The van der Waals surface area contributed by atoms with Gasteiger partial charge in [0.15, 0.2) is 0 Å². The zero-order valence-electron chi connectivity index (χ0n) is 12.9. The molecule has 0 aliphatic rings. The second kappa shape index (κ2) is 6.88. The SMILES string of the molecule is CN(C)c1cc(-c2ccc(Cl)s2)c(C(C(=O)O)c2cncs2)cn1. The van der Waals surface area contributed by atoms with Gasteiger partial charge >= 0.3 is 5.97 Å². The average Bonchev–Trinajstić information content (AvgIpc) is 3.19. The summed E-state index contributed by atoms with van der Waals surface area (Å²) in [5.41, 5.74) is 3.09. The summed E-state index contributed by atoms with van der Waals surface area (Å²) in [5.74, 6) is -0.980. The lowest BCUT2D eigenvalue weighted by atomic mass is 9.94. The van der Waals surface area contributed by atoms with Crippen molar-refractivity contribution >= 4 is 46.1 Å². The van der Waals surface area contributed by atoms with Crippen molar-refractivity contribution in [3.63, 3.8) is 0 Å². The number of thiophene rings is 1. The first-order valence-electron chi connectivity index (χ1n) is 7.01. The van der Waals surface area contributed by atoms with Crippen LogP contribution in [-0.2, 0) is 4.79 Å². The van der Waals surface area contributed by atoms with Crippen LogP contribution in [0, 0.1) is 0 Å². The van der Waals surface area contributed by atoms with Crippen molar-refractivity contribution in [3.8, 4) is 10.4 Å². The highest BCUT2D eigenvalue weighted by atomic mass is 35.5. The van der Waals surface area contributed by atoms with E-state index in [9.17, 15) is 9.90 Å². The smallest absolute Gasteiger partial charge is 0.316 e. The number of hydrogen-bond donors (Lipinski definition) is 1. The number of rotatable bonds is 5. The lowest BCUT2D eigenvalue weighted by molar-refractivity contribution is -0.137. The predicted molar refractivity (Wildman–Crippen MR) is 98.5 cm³/mol. The molecule has 0 aromatic carbocycles. The van der Waals surface area contributed by atoms with Crippen LogP contribution < -0.4 is 4.90 Å². The number of anilines is 1. The van der Waals surface area contributed by atoms with Crippen LogP contribution in [0.15, 0.2) is 36.1 Å². The second-order valence-electron chi connectivity index (χ2n) is 5.30. The number of aromatic nitrogens is 2. The number of carboxylic acid groups (broad SMARTS) is 1. The number of carboxylic acids is 1. The Kier molecular flexibility index (Phi) is 4.84. The first kappa shape index (κ1) is 16.9. The Bertz CT molecular complexity index is 862. The van der Waals surface area contributed by atoms with E-state index in [2.05, 4.69) is 9.97 Å². The van der Waals surface area contributed by atoms with E-state index in [4.69, 9.17) is 11.6 Å². The molecule has 1 unspecified atom stereocenters. The summed E-state index contributed by atoms with van der Waals surface area (Å²) < 4.78 is 0.656. The van der Waals surface area contributed by atoms with Gasteiger partial charge in [0.1, 0.15) is 11.7 Å². The van der Waals surface area contributed by atoms with Gasteiger partial charge < -0.3 is 10.0 Å². The lowest BCUT2D eigenvalue weighted by Gasteiger charge is -2.18. The van der Waals surface area contributed by atoms with Gasteiger partial charge in [0.05, 0.1) is 9.85 Å². The highest BCUT2D eigenvalue weighted by molar-refractivity contribution is 7.19. The van der Waals surface area contributed by atoms with Crippen molar-refractivity contribution in [3.05, 3.63) is 50.9 Å². The van der Waals surface area contributed by atoms with Crippen molar-refractivity contribution in [2.24, 2.45) is 0 Å². The van der Waals surface area contributed by atoms with Crippen LogP contribution in [0.3, 0.4) is 0 Å². The number of pyridine rings is 1. The topological polar surface area (TPSA) is 66.3 Å². The van der Waals surface area contributed by atoms with E-state index < -0.39 is 11.9 Å².